The van der Waals surface area contributed by atoms with Gasteiger partial charge in [0.1, 0.15) is 5.52 Å². The predicted molar refractivity (Wildman–Crippen MR) is 74.5 cm³/mol. The van der Waals surface area contributed by atoms with Crippen LogP contribution in [0.1, 0.15) is 5.56 Å². The van der Waals surface area contributed by atoms with Crippen LogP contribution in [0.3, 0.4) is 0 Å². The summed E-state index contributed by atoms with van der Waals surface area (Å²) < 4.78 is 1.82. The van der Waals surface area contributed by atoms with Crippen LogP contribution < -0.4 is 11.1 Å². The highest BCUT2D eigenvalue weighted by molar-refractivity contribution is 5.82. The number of anilines is 2. The summed E-state index contributed by atoms with van der Waals surface area (Å²) in [5.74, 6) is 0.901. The number of hydrogen-bond donors (Lipinski definition) is 2. The topological polar surface area (TPSA) is 81.7 Å². The molecule has 0 saturated heterocycles. The molecule has 3 rings (SSSR count). The van der Waals surface area contributed by atoms with Crippen molar-refractivity contribution in [2.24, 2.45) is 7.05 Å². The normalized spacial score (nSPS) is 10.8. The summed E-state index contributed by atoms with van der Waals surface area (Å²) in [6, 6.07) is 10.1. The van der Waals surface area contributed by atoms with Crippen molar-refractivity contribution in [3.05, 3.63) is 42.2 Å². The molecule has 0 radical (unpaired) electrons. The zero-order valence-electron chi connectivity index (χ0n) is 10.5. The van der Waals surface area contributed by atoms with Crippen LogP contribution in [0, 0.1) is 0 Å². The first kappa shape index (κ1) is 11.5. The lowest BCUT2D eigenvalue weighted by molar-refractivity contribution is 0.926. The Kier molecular flexibility index (Phi) is 2.75. The summed E-state index contributed by atoms with van der Waals surface area (Å²) in [7, 11) is 1.88. The standard InChI is InChI=1S/C13H14N6/c1-19-8-16-10-11(14)17-13(18-12(10)19)15-7-9-5-3-2-4-6-9/h2-6,8H,7H2,1H3,(H3,14,15,17,18). The number of benzene rings is 1. The molecule has 2 heterocycles. The van der Waals surface area contributed by atoms with Crippen molar-refractivity contribution >= 4 is 22.9 Å². The van der Waals surface area contributed by atoms with Gasteiger partial charge in [0.2, 0.25) is 5.95 Å². The average Bonchev–Trinajstić information content (AvgIpc) is 2.80. The first-order chi connectivity index (χ1) is 9.24. The van der Waals surface area contributed by atoms with Crippen LogP contribution in [-0.4, -0.2) is 19.5 Å². The van der Waals surface area contributed by atoms with Crippen molar-refractivity contribution in [2.45, 2.75) is 6.54 Å². The summed E-state index contributed by atoms with van der Waals surface area (Å²) in [6.45, 7) is 0.656. The maximum Gasteiger partial charge on any atom is 0.227 e. The monoisotopic (exact) mass is 254 g/mol. The first-order valence-corrected chi connectivity index (χ1v) is 5.96. The van der Waals surface area contributed by atoms with Gasteiger partial charge in [-0.25, -0.2) is 4.98 Å². The number of rotatable bonds is 3. The van der Waals surface area contributed by atoms with E-state index in [1.165, 1.54) is 0 Å². The van der Waals surface area contributed by atoms with Crippen molar-refractivity contribution in [1.82, 2.24) is 19.5 Å². The Morgan fingerprint density at radius 2 is 2.00 bits per heavy atom. The second-order valence-corrected chi connectivity index (χ2v) is 4.30. The molecule has 0 amide bonds. The number of hydrogen-bond acceptors (Lipinski definition) is 5. The number of aromatic nitrogens is 4. The summed E-state index contributed by atoms with van der Waals surface area (Å²) >= 11 is 0. The molecule has 3 aromatic rings. The predicted octanol–water partition coefficient (Wildman–Crippen LogP) is 1.56. The molecule has 96 valence electrons. The van der Waals surface area contributed by atoms with E-state index in [1.54, 1.807) is 6.33 Å². The molecule has 3 N–H and O–H groups in total. The summed E-state index contributed by atoms with van der Waals surface area (Å²) in [6.07, 6.45) is 1.68. The van der Waals surface area contributed by atoms with Crippen molar-refractivity contribution in [1.29, 1.82) is 0 Å². The lowest BCUT2D eigenvalue weighted by Gasteiger charge is -2.06. The molecule has 0 aliphatic carbocycles. The third-order valence-corrected chi connectivity index (χ3v) is 2.88. The van der Waals surface area contributed by atoms with Gasteiger partial charge in [-0.1, -0.05) is 30.3 Å². The zero-order valence-corrected chi connectivity index (χ0v) is 10.5. The van der Waals surface area contributed by atoms with Crippen LogP contribution in [0.4, 0.5) is 11.8 Å². The van der Waals surface area contributed by atoms with E-state index in [2.05, 4.69) is 20.3 Å². The lowest BCUT2D eigenvalue weighted by atomic mass is 10.2. The fourth-order valence-corrected chi connectivity index (χ4v) is 1.88. The second-order valence-electron chi connectivity index (χ2n) is 4.30. The van der Waals surface area contributed by atoms with Crippen molar-refractivity contribution < 1.29 is 0 Å². The molecule has 0 atom stereocenters. The smallest absolute Gasteiger partial charge is 0.227 e. The van der Waals surface area contributed by atoms with E-state index in [0.29, 0.717) is 23.8 Å². The SMILES string of the molecule is Cn1cnc2c(N)nc(NCc3ccccc3)nc21. The van der Waals surface area contributed by atoms with Crippen LogP contribution >= 0.6 is 0 Å². The minimum absolute atomic E-state index is 0.390. The van der Waals surface area contributed by atoms with Crippen LogP contribution in [0.25, 0.3) is 11.2 Å². The molecule has 6 heteroatoms. The second kappa shape index (κ2) is 4.56. The number of nitrogens with two attached hydrogens (primary N) is 1. The zero-order chi connectivity index (χ0) is 13.2. The Balaban J connectivity index is 1.87. The number of fused-ring (bicyclic) bond motifs is 1. The third-order valence-electron chi connectivity index (χ3n) is 2.88. The number of nitrogen functional groups attached to an aromatic ring is 1. The van der Waals surface area contributed by atoms with Crippen LogP contribution in [0.2, 0.25) is 0 Å². The molecule has 0 spiro atoms. The maximum absolute atomic E-state index is 5.87. The molecule has 0 unspecified atom stereocenters. The average molecular weight is 254 g/mol. The van der Waals surface area contributed by atoms with Crippen molar-refractivity contribution in [3.8, 4) is 0 Å². The molecule has 0 fully saturated rings. The molecule has 0 bridgehead atoms. The Morgan fingerprint density at radius 1 is 1.21 bits per heavy atom. The van der Waals surface area contributed by atoms with Gasteiger partial charge in [0, 0.05) is 13.6 Å². The van der Waals surface area contributed by atoms with Gasteiger partial charge in [-0.15, -0.1) is 0 Å². The Hall–Kier alpha value is -2.63. The summed E-state index contributed by atoms with van der Waals surface area (Å²) in [4.78, 5) is 12.8. The quantitative estimate of drug-likeness (QED) is 0.741. The molecule has 19 heavy (non-hydrogen) atoms. The molecule has 0 saturated carbocycles. The first-order valence-electron chi connectivity index (χ1n) is 5.96. The van der Waals surface area contributed by atoms with E-state index < -0.39 is 0 Å². The van der Waals surface area contributed by atoms with Crippen LogP contribution in [-0.2, 0) is 13.6 Å². The van der Waals surface area contributed by atoms with Gasteiger partial charge in [-0.3, -0.25) is 0 Å². The molecule has 0 aliphatic rings. The van der Waals surface area contributed by atoms with E-state index >= 15 is 0 Å². The van der Waals surface area contributed by atoms with Crippen molar-refractivity contribution in [2.75, 3.05) is 11.1 Å². The van der Waals surface area contributed by atoms with E-state index in [9.17, 15) is 0 Å². The van der Waals surface area contributed by atoms with Gasteiger partial charge in [0.15, 0.2) is 11.5 Å². The van der Waals surface area contributed by atoms with E-state index in [1.807, 2.05) is 41.9 Å². The van der Waals surface area contributed by atoms with E-state index in [4.69, 9.17) is 5.73 Å². The Labute approximate surface area is 110 Å². The fraction of sp³-hybridized carbons (Fsp3) is 0.154. The highest BCUT2D eigenvalue weighted by atomic mass is 15.2. The summed E-state index contributed by atoms with van der Waals surface area (Å²) in [5.41, 5.74) is 8.39. The fourth-order valence-electron chi connectivity index (χ4n) is 1.88. The molecule has 1 aromatic carbocycles. The minimum atomic E-state index is 0.390. The molecular formula is C13H14N6. The number of imidazole rings is 1. The minimum Gasteiger partial charge on any atom is -0.382 e. The van der Waals surface area contributed by atoms with Gasteiger partial charge >= 0.3 is 0 Å². The van der Waals surface area contributed by atoms with Crippen LogP contribution in [0.15, 0.2) is 36.7 Å². The number of aryl methyl sites for hydroxylation is 1. The third kappa shape index (κ3) is 2.20. The Morgan fingerprint density at radius 3 is 2.79 bits per heavy atom. The maximum atomic E-state index is 5.87. The van der Waals surface area contributed by atoms with E-state index in [0.717, 1.165) is 11.2 Å². The van der Waals surface area contributed by atoms with Gasteiger partial charge < -0.3 is 15.6 Å². The lowest BCUT2D eigenvalue weighted by Crippen LogP contribution is -2.06. The van der Waals surface area contributed by atoms with Gasteiger partial charge in [-0.2, -0.15) is 9.97 Å². The summed E-state index contributed by atoms with van der Waals surface area (Å²) in [5, 5.41) is 3.17. The highest BCUT2D eigenvalue weighted by Gasteiger charge is 2.09. The molecular weight excluding hydrogens is 240 g/mol. The number of nitrogens with zero attached hydrogens (tertiary/aromatic N) is 4. The van der Waals surface area contributed by atoms with Crippen LogP contribution in [0.5, 0.6) is 0 Å². The molecule has 6 nitrogen and oxygen atoms in total. The Bertz CT molecular complexity index is 704. The number of nitrogens with one attached hydrogen (secondary N) is 1. The van der Waals surface area contributed by atoms with E-state index in [-0.39, 0.29) is 0 Å². The largest absolute Gasteiger partial charge is 0.382 e. The molecule has 2 aromatic heterocycles. The van der Waals surface area contributed by atoms with Crippen molar-refractivity contribution in [3.63, 3.8) is 0 Å². The molecule has 0 aliphatic heterocycles. The van der Waals surface area contributed by atoms with Gasteiger partial charge in [0.25, 0.3) is 0 Å². The highest BCUT2D eigenvalue weighted by Crippen LogP contribution is 2.17. The van der Waals surface area contributed by atoms with Gasteiger partial charge in [0.05, 0.1) is 6.33 Å². The van der Waals surface area contributed by atoms with Gasteiger partial charge in [-0.05, 0) is 5.56 Å².